The van der Waals surface area contributed by atoms with Gasteiger partial charge in [0, 0.05) is 11.1 Å². The van der Waals surface area contributed by atoms with Gasteiger partial charge >= 0.3 is 5.97 Å². The second-order valence-corrected chi connectivity index (χ2v) is 5.00. The molecule has 4 nitrogen and oxygen atoms in total. The Labute approximate surface area is 108 Å². The summed E-state index contributed by atoms with van der Waals surface area (Å²) in [7, 11) is 0. The molecule has 1 aromatic carbocycles. The highest BCUT2D eigenvalue weighted by Gasteiger charge is 2.25. The third kappa shape index (κ3) is 1.97. The molecule has 0 saturated carbocycles. The first-order valence-electron chi connectivity index (χ1n) is 5.53. The Balaban J connectivity index is 2.00. The largest absolute Gasteiger partial charge is 0.480 e. The molecule has 0 bridgehead atoms. The molecule has 0 fully saturated rings. The number of aliphatic carboxylic acids is 1. The molecule has 18 heavy (non-hydrogen) atoms. The fourth-order valence-corrected chi connectivity index (χ4v) is 2.82. The highest BCUT2D eigenvalue weighted by atomic mass is 32.2. The van der Waals surface area contributed by atoms with E-state index in [1.165, 1.54) is 11.8 Å². The lowest BCUT2D eigenvalue weighted by atomic mass is 10.2. The van der Waals surface area contributed by atoms with Crippen molar-refractivity contribution in [2.75, 3.05) is 5.75 Å². The first kappa shape index (κ1) is 11.2. The number of nitrogens with zero attached hydrogens (tertiary/aromatic N) is 2. The number of carbonyl (C=O) groups is 1. The molecule has 0 aliphatic carbocycles. The van der Waals surface area contributed by atoms with Crippen molar-refractivity contribution in [3.8, 4) is 0 Å². The Morgan fingerprint density at radius 1 is 1.28 bits per heavy atom. The monoisotopic (exact) mass is 258 g/mol. The van der Waals surface area contributed by atoms with Crippen molar-refractivity contribution in [3.63, 3.8) is 0 Å². The number of thioether (sulfide) groups is 1. The predicted octanol–water partition coefficient (Wildman–Crippen LogP) is 2.18. The zero-order valence-electron chi connectivity index (χ0n) is 9.41. The molecular weight excluding hydrogens is 248 g/mol. The number of rotatable bonds is 2. The van der Waals surface area contributed by atoms with Crippen LogP contribution in [0.25, 0.3) is 10.9 Å². The smallest absolute Gasteiger partial charge is 0.329 e. The molecule has 1 aliphatic heterocycles. The minimum absolute atomic E-state index is 0.485. The number of aromatic nitrogens is 1. The molecule has 1 aromatic heterocycles. The summed E-state index contributed by atoms with van der Waals surface area (Å²) in [5.74, 6) is -0.391. The lowest BCUT2D eigenvalue weighted by Crippen LogP contribution is -2.17. The average Bonchev–Trinajstić information content (AvgIpc) is 2.88. The molecule has 0 unspecified atom stereocenters. The number of carboxylic acid groups (broad SMARTS) is 1. The van der Waals surface area contributed by atoms with Crippen LogP contribution in [0, 0.1) is 0 Å². The molecule has 3 rings (SSSR count). The van der Waals surface area contributed by atoms with Crippen molar-refractivity contribution in [2.45, 2.75) is 6.04 Å². The van der Waals surface area contributed by atoms with Gasteiger partial charge in [-0.25, -0.2) is 9.78 Å². The Bertz CT molecular complexity index is 654. The third-order valence-electron chi connectivity index (χ3n) is 2.75. The maximum absolute atomic E-state index is 10.8. The van der Waals surface area contributed by atoms with E-state index in [9.17, 15) is 4.79 Å². The number of carboxylic acids is 1. The normalized spacial score (nSPS) is 18.9. The van der Waals surface area contributed by atoms with Crippen LogP contribution in [0.1, 0.15) is 5.69 Å². The number of hydrogen-bond donors (Lipinski definition) is 1. The van der Waals surface area contributed by atoms with Crippen molar-refractivity contribution < 1.29 is 9.90 Å². The summed E-state index contributed by atoms with van der Waals surface area (Å²) in [5.41, 5.74) is 1.65. The van der Waals surface area contributed by atoms with Gasteiger partial charge in [0.05, 0.1) is 11.2 Å². The van der Waals surface area contributed by atoms with Crippen LogP contribution in [0.3, 0.4) is 0 Å². The lowest BCUT2D eigenvalue weighted by Gasteiger charge is -2.01. The van der Waals surface area contributed by atoms with Gasteiger partial charge in [0.25, 0.3) is 0 Å². The molecule has 1 N–H and O–H groups in total. The summed E-state index contributed by atoms with van der Waals surface area (Å²) >= 11 is 1.45. The molecular formula is C13H10N2O2S. The summed E-state index contributed by atoms with van der Waals surface area (Å²) in [6, 6.07) is 11.1. The van der Waals surface area contributed by atoms with Crippen molar-refractivity contribution in [1.29, 1.82) is 0 Å². The van der Waals surface area contributed by atoms with E-state index in [1.807, 2.05) is 36.4 Å². The van der Waals surface area contributed by atoms with E-state index < -0.39 is 12.0 Å². The van der Waals surface area contributed by atoms with Crippen molar-refractivity contribution in [2.24, 2.45) is 4.99 Å². The van der Waals surface area contributed by atoms with Gasteiger partial charge < -0.3 is 5.11 Å². The molecule has 0 saturated heterocycles. The van der Waals surface area contributed by atoms with Crippen LogP contribution in [-0.4, -0.2) is 32.9 Å². The van der Waals surface area contributed by atoms with E-state index in [-0.39, 0.29) is 0 Å². The second-order valence-electron chi connectivity index (χ2n) is 3.99. The van der Waals surface area contributed by atoms with Crippen molar-refractivity contribution in [3.05, 3.63) is 42.1 Å². The summed E-state index contributed by atoms with van der Waals surface area (Å²) in [6.45, 7) is 0. The molecule has 0 radical (unpaired) electrons. The summed E-state index contributed by atoms with van der Waals surface area (Å²) in [4.78, 5) is 19.5. The molecule has 1 atom stereocenters. The van der Waals surface area contributed by atoms with Crippen LogP contribution in [0.5, 0.6) is 0 Å². The van der Waals surface area contributed by atoms with E-state index in [4.69, 9.17) is 5.11 Å². The SMILES string of the molecule is O=C(O)[C@H]1CSC(c2ccc3ccccc3n2)=N1. The Kier molecular flexibility index (Phi) is 2.76. The molecule has 1 aliphatic rings. The van der Waals surface area contributed by atoms with Gasteiger partial charge in [0.1, 0.15) is 5.04 Å². The number of pyridine rings is 1. The standard InChI is InChI=1S/C13H10N2O2S/c16-13(17)11-7-18-12(15-11)10-6-5-8-3-1-2-4-9(8)14-10/h1-6,11H,7H2,(H,16,17)/t11-/m1/s1. The van der Waals surface area contributed by atoms with Crippen LogP contribution in [-0.2, 0) is 4.79 Å². The Morgan fingerprint density at radius 3 is 2.89 bits per heavy atom. The minimum Gasteiger partial charge on any atom is -0.480 e. The maximum Gasteiger partial charge on any atom is 0.329 e. The molecule has 2 aromatic rings. The van der Waals surface area contributed by atoms with E-state index in [0.29, 0.717) is 10.8 Å². The van der Waals surface area contributed by atoms with Gasteiger partial charge in [0.15, 0.2) is 6.04 Å². The van der Waals surface area contributed by atoms with Crippen LogP contribution >= 0.6 is 11.8 Å². The van der Waals surface area contributed by atoms with Gasteiger partial charge in [-0.05, 0) is 12.1 Å². The van der Waals surface area contributed by atoms with Crippen LogP contribution in [0.15, 0.2) is 41.4 Å². The first-order chi connectivity index (χ1) is 8.74. The van der Waals surface area contributed by atoms with E-state index in [2.05, 4.69) is 9.98 Å². The molecule has 0 amide bonds. The first-order valence-corrected chi connectivity index (χ1v) is 6.52. The molecule has 0 spiro atoms. The van der Waals surface area contributed by atoms with Gasteiger partial charge in [-0.1, -0.05) is 24.3 Å². The van der Waals surface area contributed by atoms with Gasteiger partial charge in [0.2, 0.25) is 0 Å². The summed E-state index contributed by atoms with van der Waals surface area (Å²) < 4.78 is 0. The van der Waals surface area contributed by atoms with Crippen LogP contribution in [0.4, 0.5) is 0 Å². The minimum atomic E-state index is -0.877. The number of hydrogen-bond acceptors (Lipinski definition) is 4. The lowest BCUT2D eigenvalue weighted by molar-refractivity contribution is -0.137. The third-order valence-corrected chi connectivity index (χ3v) is 3.82. The number of para-hydroxylation sites is 1. The molecule has 5 heteroatoms. The Morgan fingerprint density at radius 2 is 2.11 bits per heavy atom. The second kappa shape index (κ2) is 4.42. The van der Waals surface area contributed by atoms with Crippen molar-refractivity contribution in [1.82, 2.24) is 4.98 Å². The maximum atomic E-state index is 10.8. The van der Waals surface area contributed by atoms with E-state index >= 15 is 0 Å². The fourth-order valence-electron chi connectivity index (χ4n) is 1.83. The Hall–Kier alpha value is -1.88. The molecule has 2 heterocycles. The number of aliphatic imine (C=N–C) groups is 1. The number of fused-ring (bicyclic) bond motifs is 1. The zero-order chi connectivity index (χ0) is 12.5. The molecule has 90 valence electrons. The number of benzene rings is 1. The summed E-state index contributed by atoms with van der Waals surface area (Å²) in [5, 5.41) is 10.7. The average molecular weight is 258 g/mol. The quantitative estimate of drug-likeness (QED) is 0.896. The van der Waals surface area contributed by atoms with Crippen LogP contribution in [0.2, 0.25) is 0 Å². The van der Waals surface area contributed by atoms with Gasteiger partial charge in [-0.15, -0.1) is 11.8 Å². The topological polar surface area (TPSA) is 62.5 Å². The van der Waals surface area contributed by atoms with Gasteiger partial charge in [-0.2, -0.15) is 0 Å². The fraction of sp³-hybridized carbons (Fsp3) is 0.154. The predicted molar refractivity (Wildman–Crippen MR) is 72.2 cm³/mol. The highest BCUT2D eigenvalue weighted by molar-refractivity contribution is 8.14. The van der Waals surface area contributed by atoms with E-state index in [1.54, 1.807) is 0 Å². The summed E-state index contributed by atoms with van der Waals surface area (Å²) in [6.07, 6.45) is 0. The van der Waals surface area contributed by atoms with E-state index in [0.717, 1.165) is 16.6 Å². The van der Waals surface area contributed by atoms with Crippen LogP contribution < -0.4 is 0 Å². The van der Waals surface area contributed by atoms with Gasteiger partial charge in [-0.3, -0.25) is 4.99 Å². The van der Waals surface area contributed by atoms with Crippen molar-refractivity contribution >= 4 is 33.7 Å². The highest BCUT2D eigenvalue weighted by Crippen LogP contribution is 2.24. The zero-order valence-corrected chi connectivity index (χ0v) is 10.2.